The summed E-state index contributed by atoms with van der Waals surface area (Å²) in [7, 11) is 0. The average molecular weight is 399 g/mol. The number of benzene rings is 3. The Morgan fingerprint density at radius 2 is 1.63 bits per heavy atom. The number of carbonyl (C=O) groups excluding carboxylic acids is 1. The normalized spacial score (nSPS) is 10.6. The molecule has 0 unspecified atom stereocenters. The van der Waals surface area contributed by atoms with E-state index < -0.39 is 0 Å². The number of hydrogen-bond acceptors (Lipinski definition) is 5. The Kier molecular flexibility index (Phi) is 5.57. The number of carbonyl (C=O) groups is 1. The van der Waals surface area contributed by atoms with Crippen molar-refractivity contribution in [2.75, 3.05) is 5.32 Å². The van der Waals surface area contributed by atoms with Crippen LogP contribution >= 0.6 is 0 Å². The van der Waals surface area contributed by atoms with Crippen LogP contribution in [0.25, 0.3) is 0 Å². The van der Waals surface area contributed by atoms with Gasteiger partial charge in [-0.05, 0) is 66.9 Å². The third kappa shape index (κ3) is 4.72. The number of aromatic nitrogens is 2. The largest absolute Gasteiger partial charge is 0.457 e. The van der Waals surface area contributed by atoms with Gasteiger partial charge in [-0.3, -0.25) is 10.1 Å². The molecule has 0 bridgehead atoms. The second kappa shape index (κ2) is 8.61. The predicted molar refractivity (Wildman–Crippen MR) is 114 cm³/mol. The van der Waals surface area contributed by atoms with Crippen LogP contribution in [0.1, 0.15) is 32.9 Å². The van der Waals surface area contributed by atoms with Crippen molar-refractivity contribution >= 4 is 11.9 Å². The molecule has 4 rings (SSSR count). The van der Waals surface area contributed by atoms with Crippen LogP contribution in [0.4, 0.5) is 6.01 Å². The van der Waals surface area contributed by atoms with E-state index in [9.17, 15) is 4.79 Å². The van der Waals surface area contributed by atoms with Gasteiger partial charge in [0.25, 0.3) is 5.91 Å². The van der Waals surface area contributed by atoms with Crippen LogP contribution in [-0.2, 0) is 6.42 Å². The fourth-order valence-corrected chi connectivity index (χ4v) is 2.93. The molecule has 0 spiro atoms. The van der Waals surface area contributed by atoms with E-state index in [-0.39, 0.29) is 11.9 Å². The van der Waals surface area contributed by atoms with Crippen molar-refractivity contribution in [3.8, 4) is 11.5 Å². The van der Waals surface area contributed by atoms with Gasteiger partial charge in [-0.2, -0.15) is 0 Å². The molecule has 1 heterocycles. The van der Waals surface area contributed by atoms with E-state index in [4.69, 9.17) is 9.15 Å². The number of anilines is 1. The van der Waals surface area contributed by atoms with Crippen molar-refractivity contribution in [3.05, 3.63) is 101 Å². The fraction of sp³-hybridized carbons (Fsp3) is 0.125. The molecule has 30 heavy (non-hydrogen) atoms. The quantitative estimate of drug-likeness (QED) is 0.475. The van der Waals surface area contributed by atoms with Gasteiger partial charge >= 0.3 is 6.01 Å². The standard InChI is InChI=1S/C24H21N3O3/c1-16-8-9-18(14-17(16)2)15-22-26-27-24(30-22)25-23(28)19-10-12-21(13-11-19)29-20-6-4-3-5-7-20/h3-14H,15H2,1-2H3,(H,25,27,28). The lowest BCUT2D eigenvalue weighted by atomic mass is 10.0. The smallest absolute Gasteiger partial charge is 0.322 e. The van der Waals surface area contributed by atoms with E-state index in [2.05, 4.69) is 41.5 Å². The lowest BCUT2D eigenvalue weighted by Gasteiger charge is -2.06. The van der Waals surface area contributed by atoms with Gasteiger partial charge in [0.2, 0.25) is 5.89 Å². The van der Waals surface area contributed by atoms with Gasteiger partial charge in [-0.25, -0.2) is 0 Å². The molecule has 0 aliphatic rings. The molecule has 1 aromatic heterocycles. The average Bonchev–Trinajstić information content (AvgIpc) is 3.18. The molecule has 0 aliphatic carbocycles. The monoisotopic (exact) mass is 399 g/mol. The summed E-state index contributed by atoms with van der Waals surface area (Å²) in [4.78, 5) is 12.5. The van der Waals surface area contributed by atoms with Crippen molar-refractivity contribution in [1.82, 2.24) is 10.2 Å². The predicted octanol–water partition coefficient (Wildman–Crippen LogP) is 5.32. The Bertz CT molecular complexity index is 1150. The maximum atomic E-state index is 12.5. The van der Waals surface area contributed by atoms with Gasteiger partial charge in [0.15, 0.2) is 0 Å². The molecular weight excluding hydrogens is 378 g/mol. The molecule has 3 aromatic carbocycles. The minimum atomic E-state index is -0.331. The third-order valence-electron chi connectivity index (χ3n) is 4.71. The molecular formula is C24H21N3O3. The first kappa shape index (κ1) is 19.4. The van der Waals surface area contributed by atoms with Crippen LogP contribution in [0.3, 0.4) is 0 Å². The lowest BCUT2D eigenvalue weighted by molar-refractivity contribution is 0.102. The summed E-state index contributed by atoms with van der Waals surface area (Å²) in [6.07, 6.45) is 0.509. The number of nitrogens with one attached hydrogen (secondary N) is 1. The van der Waals surface area contributed by atoms with Gasteiger partial charge < -0.3 is 9.15 Å². The highest BCUT2D eigenvalue weighted by molar-refractivity contribution is 6.03. The molecule has 0 saturated carbocycles. The number of ether oxygens (including phenoxy) is 1. The highest BCUT2D eigenvalue weighted by Crippen LogP contribution is 2.21. The van der Waals surface area contributed by atoms with Gasteiger partial charge in [0, 0.05) is 5.56 Å². The molecule has 6 nitrogen and oxygen atoms in total. The van der Waals surface area contributed by atoms with Gasteiger partial charge in [-0.15, -0.1) is 5.10 Å². The summed E-state index contributed by atoms with van der Waals surface area (Å²) in [5.41, 5.74) is 3.98. The van der Waals surface area contributed by atoms with Crippen molar-refractivity contribution in [2.45, 2.75) is 20.3 Å². The SMILES string of the molecule is Cc1ccc(Cc2nnc(NC(=O)c3ccc(Oc4ccccc4)cc3)o2)cc1C. The highest BCUT2D eigenvalue weighted by atomic mass is 16.5. The number of rotatable bonds is 6. The first-order valence-electron chi connectivity index (χ1n) is 9.60. The maximum absolute atomic E-state index is 12.5. The minimum absolute atomic E-state index is 0.0726. The Morgan fingerprint density at radius 3 is 2.37 bits per heavy atom. The van der Waals surface area contributed by atoms with Crippen LogP contribution in [0.15, 0.2) is 77.2 Å². The number of aryl methyl sites for hydroxylation is 2. The summed E-state index contributed by atoms with van der Waals surface area (Å²) in [6, 6.07) is 22.6. The van der Waals surface area contributed by atoms with Gasteiger partial charge in [0.05, 0.1) is 6.42 Å². The topological polar surface area (TPSA) is 77.2 Å². The second-order valence-electron chi connectivity index (χ2n) is 6.99. The Labute approximate surface area is 174 Å². The zero-order valence-electron chi connectivity index (χ0n) is 16.8. The number of nitrogens with zero attached hydrogens (tertiary/aromatic N) is 2. The molecule has 0 saturated heterocycles. The van der Waals surface area contributed by atoms with Crippen LogP contribution in [0, 0.1) is 13.8 Å². The molecule has 0 fully saturated rings. The summed E-state index contributed by atoms with van der Waals surface area (Å²) >= 11 is 0. The Balaban J connectivity index is 1.37. The third-order valence-corrected chi connectivity index (χ3v) is 4.71. The van der Waals surface area contributed by atoms with Crippen LogP contribution < -0.4 is 10.1 Å². The first-order valence-corrected chi connectivity index (χ1v) is 9.60. The summed E-state index contributed by atoms with van der Waals surface area (Å²) in [5, 5.41) is 10.6. The van der Waals surface area contributed by atoms with Crippen LogP contribution in [0.5, 0.6) is 11.5 Å². The summed E-state index contributed by atoms with van der Waals surface area (Å²) < 4.78 is 11.3. The van der Waals surface area contributed by atoms with Gasteiger partial charge in [0.1, 0.15) is 11.5 Å². The molecule has 0 atom stereocenters. The second-order valence-corrected chi connectivity index (χ2v) is 6.99. The number of hydrogen-bond donors (Lipinski definition) is 1. The fourth-order valence-electron chi connectivity index (χ4n) is 2.93. The molecule has 0 radical (unpaired) electrons. The van der Waals surface area contributed by atoms with E-state index in [1.165, 1.54) is 11.1 Å². The first-order chi connectivity index (χ1) is 14.6. The van der Waals surface area contributed by atoms with Crippen molar-refractivity contribution in [2.24, 2.45) is 0 Å². The summed E-state index contributed by atoms with van der Waals surface area (Å²) in [6.45, 7) is 4.13. The van der Waals surface area contributed by atoms with Crippen LogP contribution in [-0.4, -0.2) is 16.1 Å². The van der Waals surface area contributed by atoms with Crippen molar-refractivity contribution in [3.63, 3.8) is 0 Å². The molecule has 150 valence electrons. The minimum Gasteiger partial charge on any atom is -0.457 e. The number of amides is 1. The molecule has 1 amide bonds. The van der Waals surface area contributed by atoms with Crippen molar-refractivity contribution in [1.29, 1.82) is 0 Å². The van der Waals surface area contributed by atoms with Gasteiger partial charge in [-0.1, -0.05) is 41.5 Å². The zero-order valence-corrected chi connectivity index (χ0v) is 16.8. The maximum Gasteiger partial charge on any atom is 0.322 e. The molecule has 1 N–H and O–H groups in total. The zero-order chi connectivity index (χ0) is 20.9. The highest BCUT2D eigenvalue weighted by Gasteiger charge is 2.12. The molecule has 0 aliphatic heterocycles. The van der Waals surface area contributed by atoms with E-state index in [1.54, 1.807) is 24.3 Å². The van der Waals surface area contributed by atoms with E-state index in [0.717, 1.165) is 11.3 Å². The Hall–Kier alpha value is -3.93. The number of para-hydroxylation sites is 1. The van der Waals surface area contributed by atoms with E-state index in [0.29, 0.717) is 23.6 Å². The van der Waals surface area contributed by atoms with E-state index >= 15 is 0 Å². The summed E-state index contributed by atoms with van der Waals surface area (Å²) in [5.74, 6) is 1.49. The lowest BCUT2D eigenvalue weighted by Crippen LogP contribution is -2.11. The molecule has 6 heteroatoms. The Morgan fingerprint density at radius 1 is 0.900 bits per heavy atom. The van der Waals surface area contributed by atoms with E-state index in [1.807, 2.05) is 36.4 Å². The molecule has 4 aromatic rings. The van der Waals surface area contributed by atoms with Crippen molar-refractivity contribution < 1.29 is 13.9 Å². The van der Waals surface area contributed by atoms with Crippen LogP contribution in [0.2, 0.25) is 0 Å².